The molecule has 0 radical (unpaired) electrons. The minimum atomic E-state index is -0.574. The molecule has 0 aromatic heterocycles. The molecule has 4 N–H and O–H groups in total. The van der Waals surface area contributed by atoms with Crippen molar-refractivity contribution in [3.63, 3.8) is 0 Å². The maximum Gasteiger partial charge on any atom is 0.323 e. The van der Waals surface area contributed by atoms with Crippen LogP contribution in [0.25, 0.3) is 0 Å². The molecule has 1 aliphatic heterocycles. The zero-order chi connectivity index (χ0) is 19.2. The van der Waals surface area contributed by atoms with Gasteiger partial charge in [-0.25, -0.2) is 0 Å². The zero-order valence-electron chi connectivity index (χ0n) is 15.7. The number of nitrogens with one attached hydrogen (secondary N) is 1. The Morgan fingerprint density at radius 1 is 1.37 bits per heavy atom. The Labute approximate surface area is 159 Å². The normalized spacial score (nSPS) is 35.0. The van der Waals surface area contributed by atoms with E-state index in [1.807, 2.05) is 6.92 Å². The highest BCUT2D eigenvalue weighted by Crippen LogP contribution is 2.61. The van der Waals surface area contributed by atoms with Gasteiger partial charge >= 0.3 is 5.97 Å². The molecule has 1 aromatic carbocycles. The summed E-state index contributed by atoms with van der Waals surface area (Å²) in [6.07, 6.45) is 3.99. The van der Waals surface area contributed by atoms with E-state index in [0.717, 1.165) is 31.2 Å². The fourth-order valence-electron chi connectivity index (χ4n) is 5.75. The van der Waals surface area contributed by atoms with Gasteiger partial charge in [-0.2, -0.15) is 0 Å². The summed E-state index contributed by atoms with van der Waals surface area (Å²) >= 11 is 0. The van der Waals surface area contributed by atoms with Crippen LogP contribution in [0.4, 0.5) is 0 Å². The quantitative estimate of drug-likeness (QED) is 0.655. The van der Waals surface area contributed by atoms with Crippen molar-refractivity contribution in [1.82, 2.24) is 5.32 Å². The Morgan fingerprint density at radius 3 is 2.81 bits per heavy atom. The van der Waals surface area contributed by atoms with Crippen molar-refractivity contribution in [3.8, 4) is 5.75 Å². The van der Waals surface area contributed by atoms with Gasteiger partial charge in [0.2, 0.25) is 0 Å². The lowest BCUT2D eigenvalue weighted by Gasteiger charge is -2.36. The first-order valence-corrected chi connectivity index (χ1v) is 9.95. The summed E-state index contributed by atoms with van der Waals surface area (Å²) in [5, 5.41) is 12.9. The number of fused-ring (bicyclic) bond motifs is 5. The van der Waals surface area contributed by atoms with Gasteiger partial charge in [-0.3, -0.25) is 9.59 Å². The first-order chi connectivity index (χ1) is 12.9. The van der Waals surface area contributed by atoms with E-state index in [9.17, 15) is 14.7 Å². The summed E-state index contributed by atoms with van der Waals surface area (Å²) in [4.78, 5) is 25.6. The van der Waals surface area contributed by atoms with E-state index in [0.29, 0.717) is 24.9 Å². The van der Waals surface area contributed by atoms with E-state index in [1.165, 1.54) is 0 Å². The largest absolute Gasteiger partial charge is 0.508 e. The van der Waals surface area contributed by atoms with Crippen LogP contribution < -0.4 is 11.1 Å². The van der Waals surface area contributed by atoms with Gasteiger partial charge in [0, 0.05) is 11.5 Å². The van der Waals surface area contributed by atoms with Gasteiger partial charge in [-0.1, -0.05) is 12.1 Å². The van der Waals surface area contributed by atoms with Crippen molar-refractivity contribution in [3.05, 3.63) is 29.8 Å². The van der Waals surface area contributed by atoms with Gasteiger partial charge in [0.15, 0.2) is 5.78 Å². The van der Waals surface area contributed by atoms with Crippen LogP contribution in [0, 0.1) is 17.3 Å². The number of carbonyl (C=O) groups is 2. The number of ketones is 1. The number of hydrogen-bond donors (Lipinski definition) is 3. The lowest BCUT2D eigenvalue weighted by molar-refractivity contribution is -0.145. The molecule has 27 heavy (non-hydrogen) atoms. The third kappa shape index (κ3) is 3.05. The molecule has 1 saturated heterocycles. The zero-order valence-corrected chi connectivity index (χ0v) is 15.7. The van der Waals surface area contributed by atoms with E-state index in [2.05, 4.69) is 5.32 Å². The molecule has 0 amide bonds. The maximum absolute atomic E-state index is 13.4. The van der Waals surface area contributed by atoms with Gasteiger partial charge in [0.25, 0.3) is 0 Å². The van der Waals surface area contributed by atoms with E-state index in [4.69, 9.17) is 10.5 Å². The molecule has 146 valence electrons. The minimum absolute atomic E-state index is 0.0315. The van der Waals surface area contributed by atoms with Crippen LogP contribution in [0.1, 0.15) is 38.2 Å². The summed E-state index contributed by atoms with van der Waals surface area (Å²) in [7, 11) is 0. The average molecular weight is 372 g/mol. The molecule has 3 fully saturated rings. The molecule has 6 nitrogen and oxygen atoms in total. The second-order valence-electron chi connectivity index (χ2n) is 8.35. The molecular weight excluding hydrogens is 344 g/mol. The van der Waals surface area contributed by atoms with Crippen molar-refractivity contribution < 1.29 is 19.4 Å². The molecule has 2 unspecified atom stereocenters. The number of Topliss-reactive ketones (excluding diaryl/α,β-unsaturated/α-hetero) is 1. The van der Waals surface area contributed by atoms with E-state index in [-0.39, 0.29) is 29.6 Å². The van der Waals surface area contributed by atoms with Crippen LogP contribution in [0.5, 0.6) is 5.75 Å². The first-order valence-electron chi connectivity index (χ1n) is 9.95. The van der Waals surface area contributed by atoms with E-state index < -0.39 is 11.5 Å². The summed E-state index contributed by atoms with van der Waals surface area (Å²) in [5.41, 5.74) is 6.83. The Morgan fingerprint density at radius 2 is 2.11 bits per heavy atom. The number of benzene rings is 1. The van der Waals surface area contributed by atoms with Crippen molar-refractivity contribution in [2.24, 2.45) is 23.0 Å². The van der Waals surface area contributed by atoms with Gasteiger partial charge < -0.3 is 20.9 Å². The van der Waals surface area contributed by atoms with Crippen LogP contribution in [0.2, 0.25) is 0 Å². The van der Waals surface area contributed by atoms with E-state index >= 15 is 0 Å². The van der Waals surface area contributed by atoms with Gasteiger partial charge in [-0.15, -0.1) is 0 Å². The molecule has 2 bridgehead atoms. The lowest BCUT2D eigenvalue weighted by atomic mass is 9.71. The average Bonchev–Trinajstić information content (AvgIpc) is 3.34. The molecule has 2 aliphatic carbocycles. The molecule has 4 rings (SSSR count). The Balaban J connectivity index is 1.49. The third-order valence-electron chi connectivity index (χ3n) is 6.90. The minimum Gasteiger partial charge on any atom is -0.508 e. The van der Waals surface area contributed by atoms with Crippen LogP contribution >= 0.6 is 0 Å². The van der Waals surface area contributed by atoms with Crippen molar-refractivity contribution in [2.75, 3.05) is 6.61 Å². The number of hydrogen-bond acceptors (Lipinski definition) is 6. The standard InChI is InChI=1S/C21H28N2O4/c1-2-27-20(26)17-10-15-13-7-8-21(11-13,18(15)23-17)19(25)16(22)9-12-3-5-14(24)6-4-12/h3-6,13,15-18,23-24H,2,7-11,22H2,1H3/t13-,15+,16?,17+,18-,21?/m1/s1. The SMILES string of the molecule is CCOC(=O)[C@@H]1C[C@H]2[C@@H]3CCC(C(=O)C(N)Cc4ccc(O)cc4)(C3)[C@@H]2N1. The predicted molar refractivity (Wildman–Crippen MR) is 100 cm³/mol. The van der Waals surface area contributed by atoms with Gasteiger partial charge in [-0.05, 0) is 68.6 Å². The molecule has 2 saturated carbocycles. The predicted octanol–water partition coefficient (Wildman–Crippen LogP) is 1.54. The van der Waals surface area contributed by atoms with Crippen LogP contribution in [0.15, 0.2) is 24.3 Å². The molecular formula is C21H28N2O4. The topological polar surface area (TPSA) is 102 Å². The number of nitrogens with two attached hydrogens (primary N) is 1. The molecule has 6 heteroatoms. The lowest BCUT2D eigenvalue weighted by Crippen LogP contribution is -2.54. The monoisotopic (exact) mass is 372 g/mol. The summed E-state index contributed by atoms with van der Waals surface area (Å²) < 4.78 is 5.18. The highest BCUT2D eigenvalue weighted by Gasteiger charge is 2.65. The molecule has 1 aromatic rings. The number of ether oxygens (including phenoxy) is 1. The van der Waals surface area contributed by atoms with Gasteiger partial charge in [0.1, 0.15) is 11.8 Å². The smallest absolute Gasteiger partial charge is 0.323 e. The van der Waals surface area contributed by atoms with Crippen LogP contribution in [0.3, 0.4) is 0 Å². The van der Waals surface area contributed by atoms with Gasteiger partial charge in [0.05, 0.1) is 12.6 Å². The van der Waals surface area contributed by atoms with Crippen LogP contribution in [-0.2, 0) is 20.7 Å². The number of rotatable bonds is 6. The fourth-order valence-corrected chi connectivity index (χ4v) is 5.75. The highest BCUT2D eigenvalue weighted by molar-refractivity contribution is 5.92. The Kier molecular flexibility index (Phi) is 4.72. The third-order valence-corrected chi connectivity index (χ3v) is 6.90. The summed E-state index contributed by atoms with van der Waals surface area (Å²) in [5.74, 6) is 0.962. The number of esters is 1. The Hall–Kier alpha value is -1.92. The van der Waals surface area contributed by atoms with Crippen LogP contribution in [-0.4, -0.2) is 41.6 Å². The van der Waals surface area contributed by atoms with Crippen molar-refractivity contribution in [2.45, 2.75) is 57.2 Å². The van der Waals surface area contributed by atoms with Crippen molar-refractivity contribution >= 4 is 11.8 Å². The molecule has 3 aliphatic rings. The molecule has 0 spiro atoms. The number of aromatic hydroxyl groups is 1. The number of phenolic OH excluding ortho intramolecular Hbond substituents is 1. The second kappa shape index (κ2) is 6.91. The highest BCUT2D eigenvalue weighted by atomic mass is 16.5. The number of carbonyl (C=O) groups excluding carboxylic acids is 2. The second-order valence-corrected chi connectivity index (χ2v) is 8.35. The first kappa shape index (κ1) is 18.4. The number of phenols is 1. The molecule has 6 atom stereocenters. The summed E-state index contributed by atoms with van der Waals surface area (Å²) in [6, 6.07) is 6.00. The Bertz CT molecular complexity index is 734. The maximum atomic E-state index is 13.4. The molecule has 1 heterocycles. The fraction of sp³-hybridized carbons (Fsp3) is 0.619. The van der Waals surface area contributed by atoms with Crippen molar-refractivity contribution in [1.29, 1.82) is 0 Å². The van der Waals surface area contributed by atoms with E-state index in [1.54, 1.807) is 24.3 Å². The summed E-state index contributed by atoms with van der Waals surface area (Å²) in [6.45, 7) is 2.18.